The predicted octanol–water partition coefficient (Wildman–Crippen LogP) is 5.30. The lowest BCUT2D eigenvalue weighted by Gasteiger charge is -2.14. The molecule has 6 nitrogen and oxygen atoms in total. The number of nitrogens with zero attached hydrogens (tertiary/aromatic N) is 4. The van der Waals surface area contributed by atoms with E-state index in [1.165, 1.54) is 12.1 Å². The van der Waals surface area contributed by atoms with Gasteiger partial charge in [0, 0.05) is 13.1 Å². The second kappa shape index (κ2) is 9.21. The molecule has 0 aliphatic carbocycles. The lowest BCUT2D eigenvalue weighted by Crippen LogP contribution is -2.16. The second-order valence-corrected chi connectivity index (χ2v) is 8.82. The minimum absolute atomic E-state index is 0.0559. The van der Waals surface area contributed by atoms with E-state index in [1.54, 1.807) is 30.5 Å². The van der Waals surface area contributed by atoms with Crippen LogP contribution in [0.4, 0.5) is 14.7 Å². The fourth-order valence-electron chi connectivity index (χ4n) is 4.04. The van der Waals surface area contributed by atoms with E-state index in [1.807, 2.05) is 4.57 Å². The van der Waals surface area contributed by atoms with Crippen LogP contribution in [0.5, 0.6) is 0 Å². The van der Waals surface area contributed by atoms with Crippen LogP contribution in [-0.2, 0) is 13.1 Å². The molecule has 0 saturated carbocycles. The molecule has 1 atom stereocenters. The van der Waals surface area contributed by atoms with Crippen LogP contribution in [-0.4, -0.2) is 32.6 Å². The molecule has 5 rings (SSSR count). The first kappa shape index (κ1) is 22.0. The first-order valence-corrected chi connectivity index (χ1v) is 11.3. The molecule has 1 unspecified atom stereocenters. The zero-order valence-corrected chi connectivity index (χ0v) is 19.0. The summed E-state index contributed by atoms with van der Waals surface area (Å²) in [5, 5.41) is 6.84. The van der Waals surface area contributed by atoms with Gasteiger partial charge in [-0.2, -0.15) is 4.98 Å². The summed E-state index contributed by atoms with van der Waals surface area (Å²) in [5.74, 6) is 0.252. The molecule has 2 aromatic heterocycles. The number of halogens is 4. The molecular formula is C23H20Cl2F2N6. The van der Waals surface area contributed by atoms with Crippen molar-refractivity contribution in [2.24, 2.45) is 5.92 Å². The zero-order valence-electron chi connectivity index (χ0n) is 17.5. The highest BCUT2D eigenvalue weighted by Crippen LogP contribution is 2.33. The molecule has 3 heterocycles. The summed E-state index contributed by atoms with van der Waals surface area (Å²) in [6.07, 6.45) is 2.61. The van der Waals surface area contributed by atoms with Gasteiger partial charge in [-0.1, -0.05) is 35.3 Å². The van der Waals surface area contributed by atoms with Gasteiger partial charge in [-0.25, -0.2) is 18.7 Å². The van der Waals surface area contributed by atoms with Crippen molar-refractivity contribution in [3.63, 3.8) is 0 Å². The van der Waals surface area contributed by atoms with Crippen molar-refractivity contribution in [2.45, 2.75) is 19.5 Å². The van der Waals surface area contributed by atoms with E-state index in [9.17, 15) is 8.78 Å². The molecule has 1 saturated heterocycles. The first-order chi connectivity index (χ1) is 16.0. The number of aromatic nitrogens is 4. The van der Waals surface area contributed by atoms with E-state index in [2.05, 4.69) is 25.6 Å². The molecule has 0 spiro atoms. The molecule has 4 aromatic rings. The molecular weight excluding hydrogens is 469 g/mol. The Hall–Kier alpha value is -2.81. The van der Waals surface area contributed by atoms with Crippen molar-refractivity contribution in [3.8, 4) is 11.4 Å². The monoisotopic (exact) mass is 488 g/mol. The minimum atomic E-state index is -0.470. The van der Waals surface area contributed by atoms with Gasteiger partial charge in [0.1, 0.15) is 23.0 Å². The standard InChI is InChI=1S/C23H20Cl2F2N6/c24-15-2-1-3-18(27)20(15)22-31-19-11-30-23(29-10-13-4-5-17(26)16(25)8-13)32-21(19)33(22)12-14-6-7-28-9-14/h1-5,8,11,14,28H,6-7,9-10,12H2,(H,29,30,32). The maximum absolute atomic E-state index is 14.8. The van der Waals surface area contributed by atoms with Gasteiger partial charge in [-0.15, -0.1) is 0 Å². The van der Waals surface area contributed by atoms with E-state index in [0.717, 1.165) is 25.1 Å². The highest BCUT2D eigenvalue weighted by atomic mass is 35.5. The third-order valence-electron chi connectivity index (χ3n) is 5.71. The Morgan fingerprint density at radius 2 is 1.97 bits per heavy atom. The average molecular weight is 489 g/mol. The van der Waals surface area contributed by atoms with Gasteiger partial charge in [0.2, 0.25) is 5.95 Å². The molecule has 2 aromatic carbocycles. The van der Waals surface area contributed by atoms with Crippen LogP contribution in [0, 0.1) is 17.6 Å². The van der Waals surface area contributed by atoms with Crippen LogP contribution in [0.2, 0.25) is 10.0 Å². The third-order valence-corrected chi connectivity index (χ3v) is 6.32. The maximum Gasteiger partial charge on any atom is 0.225 e. The zero-order chi connectivity index (χ0) is 22.9. The van der Waals surface area contributed by atoms with Crippen molar-refractivity contribution < 1.29 is 8.78 Å². The number of anilines is 1. The van der Waals surface area contributed by atoms with Gasteiger partial charge in [0.15, 0.2) is 5.65 Å². The highest BCUT2D eigenvalue weighted by molar-refractivity contribution is 6.33. The third kappa shape index (κ3) is 4.51. The Morgan fingerprint density at radius 1 is 1.09 bits per heavy atom. The summed E-state index contributed by atoms with van der Waals surface area (Å²) >= 11 is 12.2. The van der Waals surface area contributed by atoms with Gasteiger partial charge >= 0.3 is 0 Å². The molecule has 33 heavy (non-hydrogen) atoms. The Kier molecular flexibility index (Phi) is 6.14. The average Bonchev–Trinajstić information content (AvgIpc) is 3.43. The Morgan fingerprint density at radius 3 is 2.73 bits per heavy atom. The summed E-state index contributed by atoms with van der Waals surface area (Å²) in [7, 11) is 0. The predicted molar refractivity (Wildman–Crippen MR) is 125 cm³/mol. The fourth-order valence-corrected chi connectivity index (χ4v) is 4.49. The van der Waals surface area contributed by atoms with Crippen molar-refractivity contribution >= 4 is 40.3 Å². The van der Waals surface area contributed by atoms with Crippen molar-refractivity contribution in [1.82, 2.24) is 24.8 Å². The molecule has 1 fully saturated rings. The second-order valence-electron chi connectivity index (χ2n) is 8.01. The van der Waals surface area contributed by atoms with Crippen LogP contribution >= 0.6 is 23.2 Å². The van der Waals surface area contributed by atoms with Crippen LogP contribution in [0.3, 0.4) is 0 Å². The molecule has 10 heteroatoms. The van der Waals surface area contributed by atoms with Gasteiger partial charge in [-0.3, -0.25) is 0 Å². The van der Waals surface area contributed by atoms with E-state index in [4.69, 9.17) is 23.2 Å². The van der Waals surface area contributed by atoms with E-state index < -0.39 is 11.6 Å². The summed E-state index contributed by atoms with van der Waals surface area (Å²) in [6, 6.07) is 9.10. The Bertz CT molecular complexity index is 1300. The van der Waals surface area contributed by atoms with Crippen molar-refractivity contribution in [2.75, 3.05) is 18.4 Å². The summed E-state index contributed by atoms with van der Waals surface area (Å²) in [4.78, 5) is 13.6. The maximum atomic E-state index is 14.8. The molecule has 1 aliphatic heterocycles. The normalized spacial score (nSPS) is 15.9. The van der Waals surface area contributed by atoms with Gasteiger partial charge < -0.3 is 15.2 Å². The largest absolute Gasteiger partial charge is 0.350 e. The Labute approximate surface area is 199 Å². The lowest BCUT2D eigenvalue weighted by atomic mass is 10.1. The van der Waals surface area contributed by atoms with Gasteiger partial charge in [-0.05, 0) is 55.3 Å². The van der Waals surface area contributed by atoms with Gasteiger partial charge in [0.25, 0.3) is 0 Å². The molecule has 0 bridgehead atoms. The Balaban J connectivity index is 1.53. The molecule has 1 aliphatic rings. The minimum Gasteiger partial charge on any atom is -0.350 e. The number of hydrogen-bond donors (Lipinski definition) is 2. The van der Waals surface area contributed by atoms with Crippen LogP contribution < -0.4 is 10.6 Å². The highest BCUT2D eigenvalue weighted by Gasteiger charge is 2.24. The number of hydrogen-bond acceptors (Lipinski definition) is 5. The van der Waals surface area contributed by atoms with Crippen LogP contribution in [0.25, 0.3) is 22.6 Å². The SMILES string of the molecule is Fc1ccc(CNc2ncc3nc(-c4c(F)cccc4Cl)n(CC4CCNC4)c3n2)cc1Cl. The molecule has 2 N–H and O–H groups in total. The van der Waals surface area contributed by atoms with Crippen LogP contribution in [0.15, 0.2) is 42.6 Å². The first-order valence-electron chi connectivity index (χ1n) is 10.6. The van der Waals surface area contributed by atoms with Crippen LogP contribution in [0.1, 0.15) is 12.0 Å². The number of benzene rings is 2. The van der Waals surface area contributed by atoms with E-state index in [-0.39, 0.29) is 15.6 Å². The fraction of sp³-hybridized carbons (Fsp3) is 0.261. The van der Waals surface area contributed by atoms with E-state index in [0.29, 0.717) is 41.9 Å². The number of imidazole rings is 1. The number of fused-ring (bicyclic) bond motifs is 1. The molecule has 0 amide bonds. The smallest absolute Gasteiger partial charge is 0.225 e. The molecule has 0 radical (unpaired) electrons. The number of rotatable bonds is 6. The summed E-state index contributed by atoms with van der Waals surface area (Å²) < 4.78 is 30.1. The number of nitrogens with one attached hydrogen (secondary N) is 2. The summed E-state index contributed by atoms with van der Waals surface area (Å²) in [5.41, 5.74) is 2.17. The van der Waals surface area contributed by atoms with Gasteiger partial charge in [0.05, 0.1) is 21.8 Å². The molecule has 170 valence electrons. The van der Waals surface area contributed by atoms with Crippen molar-refractivity contribution in [3.05, 3.63) is 69.8 Å². The topological polar surface area (TPSA) is 67.7 Å². The quantitative estimate of drug-likeness (QED) is 0.385. The van der Waals surface area contributed by atoms with E-state index >= 15 is 0 Å². The lowest BCUT2D eigenvalue weighted by molar-refractivity contribution is 0.489. The summed E-state index contributed by atoms with van der Waals surface area (Å²) in [6.45, 7) is 2.78. The van der Waals surface area contributed by atoms with Crippen molar-refractivity contribution in [1.29, 1.82) is 0 Å².